The van der Waals surface area contributed by atoms with Crippen LogP contribution in [0.5, 0.6) is 11.5 Å². The van der Waals surface area contributed by atoms with E-state index in [2.05, 4.69) is 22.1 Å². The van der Waals surface area contributed by atoms with E-state index >= 15 is 0 Å². The molecule has 8 nitrogen and oxygen atoms in total. The quantitative estimate of drug-likeness (QED) is 0.577. The summed E-state index contributed by atoms with van der Waals surface area (Å²) in [5, 5.41) is 3.01. The number of carbonyl (C=O) groups is 2. The third-order valence-electron chi connectivity index (χ3n) is 6.21. The van der Waals surface area contributed by atoms with Crippen molar-refractivity contribution < 1.29 is 19.1 Å². The van der Waals surface area contributed by atoms with Gasteiger partial charge in [-0.2, -0.15) is 0 Å². The Morgan fingerprint density at radius 1 is 1.09 bits per heavy atom. The number of aromatic nitrogens is 1. The maximum absolute atomic E-state index is 13.0. The zero-order valence-electron chi connectivity index (χ0n) is 20.7. The summed E-state index contributed by atoms with van der Waals surface area (Å²) in [5.41, 5.74) is 1.59. The Morgan fingerprint density at radius 2 is 1.82 bits per heavy atom. The van der Waals surface area contributed by atoms with Crippen molar-refractivity contribution in [3.05, 3.63) is 47.7 Å². The van der Waals surface area contributed by atoms with Gasteiger partial charge >= 0.3 is 0 Å². The normalized spacial score (nSPS) is 14.5. The van der Waals surface area contributed by atoms with E-state index in [0.717, 1.165) is 18.4 Å². The van der Waals surface area contributed by atoms with E-state index in [4.69, 9.17) is 9.47 Å². The van der Waals surface area contributed by atoms with Crippen molar-refractivity contribution in [3.8, 4) is 11.5 Å². The second-order valence-corrected chi connectivity index (χ2v) is 8.57. The van der Waals surface area contributed by atoms with Crippen LogP contribution in [0.3, 0.4) is 0 Å². The second kappa shape index (κ2) is 12.3. The highest BCUT2D eigenvalue weighted by atomic mass is 16.5. The number of nitrogens with zero attached hydrogens (tertiary/aromatic N) is 3. The van der Waals surface area contributed by atoms with Crippen LogP contribution in [0.4, 0.5) is 5.82 Å². The molecule has 1 aromatic heterocycles. The molecule has 1 aliphatic rings. The molecule has 1 aromatic carbocycles. The number of ether oxygens (including phenoxy) is 2. The minimum atomic E-state index is -0.154. The predicted octanol–water partition coefficient (Wildman–Crippen LogP) is 3.16. The van der Waals surface area contributed by atoms with Crippen LogP contribution in [0.2, 0.25) is 0 Å². The number of methoxy groups -OCH3 is 2. The van der Waals surface area contributed by atoms with E-state index in [1.54, 1.807) is 32.5 Å². The van der Waals surface area contributed by atoms with Crippen molar-refractivity contribution in [2.75, 3.05) is 51.8 Å². The molecule has 0 radical (unpaired) electrons. The molecule has 1 atom stereocenters. The van der Waals surface area contributed by atoms with Gasteiger partial charge in [-0.3, -0.25) is 9.59 Å². The fourth-order valence-corrected chi connectivity index (χ4v) is 4.28. The van der Waals surface area contributed by atoms with Gasteiger partial charge in [0.1, 0.15) is 5.82 Å². The number of hydrogen-bond donors (Lipinski definition) is 1. The molecule has 0 saturated carbocycles. The highest BCUT2D eigenvalue weighted by Crippen LogP contribution is 2.27. The maximum Gasteiger partial charge on any atom is 0.255 e. The Morgan fingerprint density at radius 3 is 2.50 bits per heavy atom. The van der Waals surface area contributed by atoms with Crippen LogP contribution in [0.1, 0.15) is 42.6 Å². The van der Waals surface area contributed by atoms with Gasteiger partial charge in [-0.1, -0.05) is 26.3 Å². The Hall–Kier alpha value is -3.29. The van der Waals surface area contributed by atoms with Crippen LogP contribution in [0.15, 0.2) is 36.5 Å². The summed E-state index contributed by atoms with van der Waals surface area (Å²) in [6, 6.07) is 9.32. The summed E-state index contributed by atoms with van der Waals surface area (Å²) in [6.07, 6.45) is 4.28. The molecule has 34 heavy (non-hydrogen) atoms. The first-order valence-corrected chi connectivity index (χ1v) is 12.0. The molecule has 1 saturated heterocycles. The molecule has 1 aliphatic heterocycles. The van der Waals surface area contributed by atoms with Gasteiger partial charge in [-0.15, -0.1) is 0 Å². The molecule has 2 aromatic rings. The summed E-state index contributed by atoms with van der Waals surface area (Å²) in [7, 11) is 3.21. The fraction of sp³-hybridized carbons (Fsp3) is 0.500. The molecule has 8 heteroatoms. The fourth-order valence-electron chi connectivity index (χ4n) is 4.28. The summed E-state index contributed by atoms with van der Waals surface area (Å²) in [6.45, 7) is 7.19. The summed E-state index contributed by atoms with van der Waals surface area (Å²) >= 11 is 0. The number of piperazine rings is 1. The van der Waals surface area contributed by atoms with Gasteiger partial charge in [0.2, 0.25) is 5.91 Å². The number of nitrogens with one attached hydrogen (secondary N) is 1. The first kappa shape index (κ1) is 25.3. The molecular weight excluding hydrogens is 432 g/mol. The molecule has 2 heterocycles. The zero-order chi connectivity index (χ0) is 24.5. The van der Waals surface area contributed by atoms with Crippen LogP contribution in [-0.2, 0) is 11.2 Å². The Bertz CT molecular complexity index is 973. The smallest absolute Gasteiger partial charge is 0.255 e. The van der Waals surface area contributed by atoms with Gasteiger partial charge in [0.25, 0.3) is 5.91 Å². The lowest BCUT2D eigenvalue weighted by Gasteiger charge is -2.37. The lowest BCUT2D eigenvalue weighted by molar-refractivity contribution is -0.135. The third-order valence-corrected chi connectivity index (χ3v) is 6.21. The van der Waals surface area contributed by atoms with E-state index < -0.39 is 0 Å². The standard InChI is InChI=1S/C26H36N4O4/c1-5-7-19(2)26(32)30-16-14-29(15-17-30)24-21(8-6-12-27-24)25(31)28-13-11-20-9-10-22(33-3)23(18-20)34-4/h6,8-10,12,18-19H,5,7,11,13-17H2,1-4H3,(H,28,31)/t19-/m0/s1. The highest BCUT2D eigenvalue weighted by Gasteiger charge is 2.27. The van der Waals surface area contributed by atoms with Crippen LogP contribution >= 0.6 is 0 Å². The van der Waals surface area contributed by atoms with Gasteiger partial charge in [-0.25, -0.2) is 4.98 Å². The van der Waals surface area contributed by atoms with E-state index in [0.29, 0.717) is 62.0 Å². The Labute approximate surface area is 202 Å². The molecule has 2 amide bonds. The summed E-state index contributed by atoms with van der Waals surface area (Å²) < 4.78 is 10.6. The van der Waals surface area contributed by atoms with Crippen LogP contribution < -0.4 is 19.7 Å². The SMILES string of the molecule is CCC[C@H](C)C(=O)N1CCN(c2ncccc2C(=O)NCCc2ccc(OC)c(OC)c2)CC1. The number of rotatable bonds is 10. The first-order chi connectivity index (χ1) is 16.5. The van der Waals surface area contributed by atoms with E-state index in [1.807, 2.05) is 30.0 Å². The van der Waals surface area contributed by atoms with Crippen molar-refractivity contribution in [2.45, 2.75) is 33.1 Å². The minimum Gasteiger partial charge on any atom is -0.493 e. The number of carbonyl (C=O) groups excluding carboxylic acids is 2. The topological polar surface area (TPSA) is 84.0 Å². The van der Waals surface area contributed by atoms with Gasteiger partial charge in [0, 0.05) is 44.8 Å². The van der Waals surface area contributed by atoms with Gasteiger partial charge < -0.3 is 24.6 Å². The number of benzene rings is 1. The summed E-state index contributed by atoms with van der Waals surface area (Å²) in [5.74, 6) is 2.13. The summed E-state index contributed by atoms with van der Waals surface area (Å²) in [4.78, 5) is 34.1. The molecule has 0 aliphatic carbocycles. The van der Waals surface area contributed by atoms with E-state index in [9.17, 15) is 9.59 Å². The van der Waals surface area contributed by atoms with Crippen molar-refractivity contribution in [3.63, 3.8) is 0 Å². The van der Waals surface area contributed by atoms with Crippen molar-refractivity contribution in [1.82, 2.24) is 15.2 Å². The minimum absolute atomic E-state index is 0.0541. The van der Waals surface area contributed by atoms with Crippen LogP contribution in [0.25, 0.3) is 0 Å². The molecule has 3 rings (SSSR count). The molecule has 1 fully saturated rings. The molecule has 0 unspecified atom stereocenters. The maximum atomic E-state index is 13.0. The molecule has 0 spiro atoms. The van der Waals surface area contributed by atoms with E-state index in [1.165, 1.54) is 0 Å². The number of anilines is 1. The number of amides is 2. The monoisotopic (exact) mass is 468 g/mol. The zero-order valence-corrected chi connectivity index (χ0v) is 20.7. The van der Waals surface area contributed by atoms with Gasteiger partial charge in [0.15, 0.2) is 11.5 Å². The molecule has 0 bridgehead atoms. The average Bonchev–Trinajstić information content (AvgIpc) is 2.88. The Balaban J connectivity index is 1.58. The third kappa shape index (κ3) is 6.18. The van der Waals surface area contributed by atoms with E-state index in [-0.39, 0.29) is 17.7 Å². The highest BCUT2D eigenvalue weighted by molar-refractivity contribution is 5.99. The largest absolute Gasteiger partial charge is 0.493 e. The van der Waals surface area contributed by atoms with Gasteiger partial charge in [-0.05, 0) is 42.7 Å². The second-order valence-electron chi connectivity index (χ2n) is 8.57. The average molecular weight is 469 g/mol. The molecular formula is C26H36N4O4. The first-order valence-electron chi connectivity index (χ1n) is 12.0. The Kier molecular flexibility index (Phi) is 9.13. The van der Waals surface area contributed by atoms with Crippen LogP contribution in [-0.4, -0.2) is 68.6 Å². The molecule has 1 N–H and O–H groups in total. The number of hydrogen-bond acceptors (Lipinski definition) is 6. The van der Waals surface area contributed by atoms with Crippen molar-refractivity contribution in [1.29, 1.82) is 0 Å². The lowest BCUT2D eigenvalue weighted by Crippen LogP contribution is -2.50. The van der Waals surface area contributed by atoms with Crippen molar-refractivity contribution >= 4 is 17.6 Å². The van der Waals surface area contributed by atoms with Gasteiger partial charge in [0.05, 0.1) is 19.8 Å². The number of pyridine rings is 1. The predicted molar refractivity (Wildman–Crippen MR) is 133 cm³/mol. The lowest BCUT2D eigenvalue weighted by atomic mass is 10.0. The molecule has 184 valence electrons. The van der Waals surface area contributed by atoms with Crippen molar-refractivity contribution in [2.24, 2.45) is 5.92 Å². The van der Waals surface area contributed by atoms with Crippen LogP contribution in [0, 0.1) is 5.92 Å².